The molecule has 0 aliphatic carbocycles. The number of nitrogens with two attached hydrogens (primary N) is 1. The van der Waals surface area contributed by atoms with Gasteiger partial charge in [0.1, 0.15) is 11.5 Å². The summed E-state index contributed by atoms with van der Waals surface area (Å²) in [5, 5.41) is 11.9. The molecule has 0 atom stereocenters. The Bertz CT molecular complexity index is 664. The van der Waals surface area contributed by atoms with E-state index in [0.717, 1.165) is 16.9 Å². The van der Waals surface area contributed by atoms with Gasteiger partial charge < -0.3 is 15.7 Å². The minimum atomic E-state index is 0.0313. The van der Waals surface area contributed by atoms with Crippen LogP contribution in [0.2, 0.25) is 0 Å². The Morgan fingerprint density at radius 1 is 1.05 bits per heavy atom. The maximum atomic E-state index is 8.84. The SMILES string of the molecule is Cc1ccc(C(N)=NO)c(Oc2ccc(C)c(C)c2)c1. The molecule has 0 heterocycles. The Balaban J connectivity index is 2.41. The third kappa shape index (κ3) is 2.91. The van der Waals surface area contributed by atoms with Crippen LogP contribution in [0.5, 0.6) is 11.5 Å². The molecule has 2 rings (SSSR count). The van der Waals surface area contributed by atoms with E-state index in [1.165, 1.54) is 5.56 Å². The van der Waals surface area contributed by atoms with Crippen molar-refractivity contribution in [3.05, 3.63) is 58.7 Å². The normalized spacial score (nSPS) is 11.4. The highest BCUT2D eigenvalue weighted by atomic mass is 16.5. The van der Waals surface area contributed by atoms with Crippen LogP contribution in [0.1, 0.15) is 22.3 Å². The van der Waals surface area contributed by atoms with Crippen LogP contribution < -0.4 is 10.5 Å². The number of amidine groups is 1. The van der Waals surface area contributed by atoms with Gasteiger partial charge in [0.25, 0.3) is 0 Å². The number of hydrogen-bond acceptors (Lipinski definition) is 3. The molecule has 3 N–H and O–H groups in total. The largest absolute Gasteiger partial charge is 0.457 e. The van der Waals surface area contributed by atoms with Gasteiger partial charge in [0.05, 0.1) is 5.56 Å². The number of rotatable bonds is 3. The van der Waals surface area contributed by atoms with Crippen LogP contribution >= 0.6 is 0 Å². The first-order valence-electron chi connectivity index (χ1n) is 6.35. The molecule has 2 aromatic rings. The van der Waals surface area contributed by atoms with E-state index in [2.05, 4.69) is 5.16 Å². The van der Waals surface area contributed by atoms with Gasteiger partial charge in [-0.2, -0.15) is 0 Å². The lowest BCUT2D eigenvalue weighted by Gasteiger charge is -2.12. The monoisotopic (exact) mass is 270 g/mol. The van der Waals surface area contributed by atoms with Gasteiger partial charge in [0.2, 0.25) is 0 Å². The van der Waals surface area contributed by atoms with E-state index >= 15 is 0 Å². The lowest BCUT2D eigenvalue weighted by atomic mass is 10.1. The molecule has 104 valence electrons. The molecule has 4 heteroatoms. The van der Waals surface area contributed by atoms with Crippen molar-refractivity contribution in [2.45, 2.75) is 20.8 Å². The molecule has 0 fully saturated rings. The molecule has 0 aliphatic heterocycles. The first-order valence-corrected chi connectivity index (χ1v) is 6.35. The maximum absolute atomic E-state index is 8.84. The molecule has 0 radical (unpaired) electrons. The fraction of sp³-hybridized carbons (Fsp3) is 0.188. The van der Waals surface area contributed by atoms with E-state index in [1.807, 2.05) is 51.1 Å². The van der Waals surface area contributed by atoms with Crippen molar-refractivity contribution in [1.82, 2.24) is 0 Å². The molecule has 0 aliphatic rings. The lowest BCUT2D eigenvalue weighted by Crippen LogP contribution is -2.14. The summed E-state index contributed by atoms with van der Waals surface area (Å²) >= 11 is 0. The van der Waals surface area contributed by atoms with Gasteiger partial charge in [-0.25, -0.2) is 0 Å². The molecule has 0 unspecified atom stereocenters. The van der Waals surface area contributed by atoms with Gasteiger partial charge in [-0.1, -0.05) is 17.3 Å². The van der Waals surface area contributed by atoms with Crippen LogP contribution in [0.15, 0.2) is 41.6 Å². The highest BCUT2D eigenvalue weighted by molar-refractivity contribution is 5.99. The molecule has 0 saturated carbocycles. The summed E-state index contributed by atoms with van der Waals surface area (Å²) in [4.78, 5) is 0. The summed E-state index contributed by atoms with van der Waals surface area (Å²) in [5.74, 6) is 1.33. The second-order valence-corrected chi connectivity index (χ2v) is 4.83. The summed E-state index contributed by atoms with van der Waals surface area (Å²) in [6.07, 6.45) is 0. The lowest BCUT2D eigenvalue weighted by molar-refractivity contribution is 0.318. The molecular formula is C16H18N2O2. The summed E-state index contributed by atoms with van der Waals surface area (Å²) in [5.41, 5.74) is 9.64. The third-order valence-electron chi connectivity index (χ3n) is 3.23. The zero-order chi connectivity index (χ0) is 14.7. The molecule has 2 aromatic carbocycles. The topological polar surface area (TPSA) is 67.8 Å². The minimum Gasteiger partial charge on any atom is -0.457 e. The van der Waals surface area contributed by atoms with Crippen LogP contribution in [0.3, 0.4) is 0 Å². The Hall–Kier alpha value is -2.49. The van der Waals surface area contributed by atoms with Crippen molar-refractivity contribution < 1.29 is 9.94 Å². The third-order valence-corrected chi connectivity index (χ3v) is 3.23. The zero-order valence-corrected chi connectivity index (χ0v) is 11.8. The number of oxime groups is 1. The van der Waals surface area contributed by atoms with Crippen LogP contribution in [0.25, 0.3) is 0 Å². The Morgan fingerprint density at radius 3 is 2.45 bits per heavy atom. The van der Waals surface area contributed by atoms with Gasteiger partial charge in [-0.3, -0.25) is 0 Å². The van der Waals surface area contributed by atoms with E-state index in [9.17, 15) is 0 Å². The van der Waals surface area contributed by atoms with Gasteiger partial charge in [0.15, 0.2) is 5.84 Å². The fourth-order valence-corrected chi connectivity index (χ4v) is 1.88. The molecule has 20 heavy (non-hydrogen) atoms. The van der Waals surface area contributed by atoms with Crippen molar-refractivity contribution in [3.63, 3.8) is 0 Å². The number of benzene rings is 2. The Kier molecular flexibility index (Phi) is 3.94. The van der Waals surface area contributed by atoms with Gasteiger partial charge in [-0.05, 0) is 61.7 Å². The smallest absolute Gasteiger partial charge is 0.173 e. The average Bonchev–Trinajstić information content (AvgIpc) is 2.42. The maximum Gasteiger partial charge on any atom is 0.173 e. The van der Waals surface area contributed by atoms with Gasteiger partial charge in [0, 0.05) is 0 Å². The van der Waals surface area contributed by atoms with E-state index < -0.39 is 0 Å². The standard InChI is InChI=1S/C16H18N2O2/c1-10-4-7-14(16(17)18-19)15(8-10)20-13-6-5-11(2)12(3)9-13/h4-9,19H,1-3H3,(H2,17,18). The molecule has 0 aromatic heterocycles. The molecule has 0 bridgehead atoms. The van der Waals surface area contributed by atoms with Crippen molar-refractivity contribution in [3.8, 4) is 11.5 Å². The number of aryl methyl sites for hydroxylation is 3. The predicted octanol–water partition coefficient (Wildman–Crippen LogP) is 3.50. The van der Waals surface area contributed by atoms with Crippen LogP contribution in [0, 0.1) is 20.8 Å². The van der Waals surface area contributed by atoms with Crippen LogP contribution in [0.4, 0.5) is 0 Å². The van der Waals surface area contributed by atoms with E-state index in [-0.39, 0.29) is 5.84 Å². The first kappa shape index (κ1) is 13.9. The van der Waals surface area contributed by atoms with Crippen LogP contribution in [-0.4, -0.2) is 11.0 Å². The quantitative estimate of drug-likeness (QED) is 0.388. The molecule has 0 spiro atoms. The Morgan fingerprint density at radius 2 is 1.80 bits per heavy atom. The number of ether oxygens (including phenoxy) is 1. The van der Waals surface area contributed by atoms with E-state index in [0.29, 0.717) is 11.3 Å². The van der Waals surface area contributed by atoms with Crippen LogP contribution in [-0.2, 0) is 0 Å². The van der Waals surface area contributed by atoms with Crippen molar-refractivity contribution in [1.29, 1.82) is 0 Å². The number of nitrogens with zero attached hydrogens (tertiary/aromatic N) is 1. The van der Waals surface area contributed by atoms with Gasteiger partial charge >= 0.3 is 0 Å². The molecular weight excluding hydrogens is 252 g/mol. The second kappa shape index (κ2) is 5.65. The summed E-state index contributed by atoms with van der Waals surface area (Å²) < 4.78 is 5.88. The second-order valence-electron chi connectivity index (χ2n) is 4.83. The average molecular weight is 270 g/mol. The molecule has 0 saturated heterocycles. The summed E-state index contributed by atoms with van der Waals surface area (Å²) in [7, 11) is 0. The van der Waals surface area contributed by atoms with Crippen molar-refractivity contribution >= 4 is 5.84 Å². The summed E-state index contributed by atoms with van der Waals surface area (Å²) in [6, 6.07) is 11.4. The Labute approximate surface area is 118 Å². The molecule has 0 amide bonds. The highest BCUT2D eigenvalue weighted by Gasteiger charge is 2.10. The number of hydrogen-bond donors (Lipinski definition) is 2. The molecule has 4 nitrogen and oxygen atoms in total. The predicted molar refractivity (Wildman–Crippen MR) is 79.7 cm³/mol. The van der Waals surface area contributed by atoms with Crippen molar-refractivity contribution in [2.75, 3.05) is 0 Å². The van der Waals surface area contributed by atoms with E-state index in [4.69, 9.17) is 15.7 Å². The zero-order valence-electron chi connectivity index (χ0n) is 11.8. The minimum absolute atomic E-state index is 0.0313. The van der Waals surface area contributed by atoms with Crippen molar-refractivity contribution in [2.24, 2.45) is 10.9 Å². The fourth-order valence-electron chi connectivity index (χ4n) is 1.88. The highest BCUT2D eigenvalue weighted by Crippen LogP contribution is 2.27. The summed E-state index contributed by atoms with van der Waals surface area (Å²) in [6.45, 7) is 6.04. The van der Waals surface area contributed by atoms with E-state index in [1.54, 1.807) is 6.07 Å². The van der Waals surface area contributed by atoms with Gasteiger partial charge in [-0.15, -0.1) is 0 Å². The first-order chi connectivity index (χ1) is 9.51.